The van der Waals surface area contributed by atoms with Crippen LogP contribution in [0.2, 0.25) is 0 Å². The van der Waals surface area contributed by atoms with Crippen LogP contribution < -0.4 is 9.47 Å². The fourth-order valence-corrected chi connectivity index (χ4v) is 2.67. The predicted molar refractivity (Wildman–Crippen MR) is 116 cm³/mol. The van der Waals surface area contributed by atoms with Gasteiger partial charge in [0.25, 0.3) is 0 Å². The smallest absolute Gasteiger partial charge is 0.145 e. The van der Waals surface area contributed by atoms with E-state index in [1.54, 1.807) is 25.0 Å². The molecule has 2 aromatic heterocycles. The molecule has 150 valence electrons. The van der Waals surface area contributed by atoms with E-state index in [1.807, 2.05) is 72.8 Å². The molecule has 2 heterocycles. The maximum atomic E-state index is 5.86. The molecule has 0 bridgehead atoms. The van der Waals surface area contributed by atoms with Crippen molar-refractivity contribution in [1.29, 1.82) is 0 Å². The molecule has 2 aromatic carbocycles. The number of benzene rings is 2. The molecule has 30 heavy (non-hydrogen) atoms. The molecule has 0 amide bonds. The van der Waals surface area contributed by atoms with Gasteiger partial charge in [-0.2, -0.15) is 0 Å². The molecular formula is C24H20N2O4. The molecule has 0 saturated heterocycles. The topological polar surface area (TPSA) is 69.5 Å². The Labute approximate surface area is 174 Å². The van der Waals surface area contributed by atoms with Crippen molar-refractivity contribution in [1.82, 2.24) is 0 Å². The van der Waals surface area contributed by atoms with Crippen molar-refractivity contribution < 1.29 is 18.3 Å². The SMILES string of the molecule is C(=Nc1ccccc1OCCOc1ccccc1N=Cc1ccco1)c1ccco1. The highest BCUT2D eigenvalue weighted by molar-refractivity contribution is 5.80. The number of furan rings is 2. The number of aliphatic imine (C=N–C) groups is 2. The highest BCUT2D eigenvalue weighted by Gasteiger charge is 2.04. The minimum Gasteiger partial charge on any atom is -0.488 e. The molecule has 0 unspecified atom stereocenters. The van der Waals surface area contributed by atoms with E-state index in [-0.39, 0.29) is 0 Å². The fourth-order valence-electron chi connectivity index (χ4n) is 2.67. The lowest BCUT2D eigenvalue weighted by Crippen LogP contribution is -2.09. The van der Waals surface area contributed by atoms with Crippen LogP contribution in [0, 0.1) is 0 Å². The van der Waals surface area contributed by atoms with Crippen LogP contribution in [0.25, 0.3) is 0 Å². The minimum atomic E-state index is 0.365. The van der Waals surface area contributed by atoms with Gasteiger partial charge in [-0.1, -0.05) is 24.3 Å². The van der Waals surface area contributed by atoms with E-state index in [0.29, 0.717) is 36.2 Å². The van der Waals surface area contributed by atoms with E-state index < -0.39 is 0 Å². The van der Waals surface area contributed by atoms with Gasteiger partial charge in [0.15, 0.2) is 0 Å². The van der Waals surface area contributed by atoms with Crippen molar-refractivity contribution in [3.05, 3.63) is 96.8 Å². The Hall–Kier alpha value is -4.06. The largest absolute Gasteiger partial charge is 0.488 e. The minimum absolute atomic E-state index is 0.365. The molecule has 0 radical (unpaired) electrons. The summed E-state index contributed by atoms with van der Waals surface area (Å²) in [6.07, 6.45) is 6.53. The number of nitrogens with zero attached hydrogens (tertiary/aromatic N) is 2. The molecule has 0 aliphatic carbocycles. The van der Waals surface area contributed by atoms with E-state index >= 15 is 0 Å². The molecule has 6 nitrogen and oxygen atoms in total. The van der Waals surface area contributed by atoms with E-state index in [1.165, 1.54) is 0 Å². The average molecular weight is 400 g/mol. The molecule has 0 atom stereocenters. The lowest BCUT2D eigenvalue weighted by Gasteiger charge is -2.11. The van der Waals surface area contributed by atoms with Gasteiger partial charge in [0.2, 0.25) is 0 Å². The van der Waals surface area contributed by atoms with Crippen molar-refractivity contribution in [2.24, 2.45) is 9.98 Å². The Morgan fingerprint density at radius 2 is 1.07 bits per heavy atom. The van der Waals surface area contributed by atoms with Gasteiger partial charge in [-0.05, 0) is 48.5 Å². The van der Waals surface area contributed by atoms with Gasteiger partial charge in [0.1, 0.15) is 47.6 Å². The summed E-state index contributed by atoms with van der Waals surface area (Å²) in [6.45, 7) is 0.729. The molecule has 0 spiro atoms. The first-order valence-electron chi connectivity index (χ1n) is 9.47. The van der Waals surface area contributed by atoms with Gasteiger partial charge in [-0.3, -0.25) is 0 Å². The highest BCUT2D eigenvalue weighted by atomic mass is 16.5. The lowest BCUT2D eigenvalue weighted by molar-refractivity contribution is 0.218. The van der Waals surface area contributed by atoms with Crippen molar-refractivity contribution in [3.63, 3.8) is 0 Å². The van der Waals surface area contributed by atoms with E-state index in [0.717, 1.165) is 11.4 Å². The highest BCUT2D eigenvalue weighted by Crippen LogP contribution is 2.28. The summed E-state index contributed by atoms with van der Waals surface area (Å²) in [4.78, 5) is 8.87. The molecule has 0 aliphatic rings. The zero-order chi connectivity index (χ0) is 20.4. The number of hydrogen-bond acceptors (Lipinski definition) is 6. The van der Waals surface area contributed by atoms with Gasteiger partial charge >= 0.3 is 0 Å². The Morgan fingerprint density at radius 3 is 1.47 bits per heavy atom. The summed E-state index contributed by atoms with van der Waals surface area (Å²) in [6, 6.07) is 22.4. The van der Waals surface area contributed by atoms with Gasteiger partial charge < -0.3 is 18.3 Å². The molecule has 0 saturated carbocycles. The summed E-state index contributed by atoms with van der Waals surface area (Å²) in [7, 11) is 0. The fraction of sp³-hybridized carbons (Fsp3) is 0.0833. The van der Waals surface area contributed by atoms with E-state index in [4.69, 9.17) is 18.3 Å². The Morgan fingerprint density at radius 1 is 0.600 bits per heavy atom. The number of rotatable bonds is 9. The normalized spacial score (nSPS) is 11.3. The Balaban J connectivity index is 1.34. The maximum absolute atomic E-state index is 5.86. The third-order valence-corrected chi connectivity index (χ3v) is 4.08. The summed E-state index contributed by atoms with van der Waals surface area (Å²) in [5.74, 6) is 2.71. The first-order chi connectivity index (χ1) is 14.9. The predicted octanol–water partition coefficient (Wildman–Crippen LogP) is 5.83. The van der Waals surface area contributed by atoms with Crippen LogP contribution in [-0.2, 0) is 0 Å². The molecule has 0 N–H and O–H groups in total. The van der Waals surface area contributed by atoms with Crippen LogP contribution in [0.1, 0.15) is 11.5 Å². The Bertz CT molecular complexity index is 1010. The van der Waals surface area contributed by atoms with E-state index in [2.05, 4.69) is 9.98 Å². The molecule has 0 aliphatic heterocycles. The second-order valence-electron chi connectivity index (χ2n) is 6.18. The van der Waals surface area contributed by atoms with Gasteiger partial charge in [0, 0.05) is 0 Å². The Kier molecular flexibility index (Phi) is 6.38. The number of hydrogen-bond donors (Lipinski definition) is 0. The molecular weight excluding hydrogens is 380 g/mol. The van der Waals surface area contributed by atoms with Crippen LogP contribution in [0.4, 0.5) is 11.4 Å². The summed E-state index contributed by atoms with van der Waals surface area (Å²) in [5, 5.41) is 0. The van der Waals surface area contributed by atoms with E-state index in [9.17, 15) is 0 Å². The molecule has 6 heteroatoms. The van der Waals surface area contributed by atoms with Crippen LogP contribution in [0.3, 0.4) is 0 Å². The third-order valence-electron chi connectivity index (χ3n) is 4.08. The van der Waals surface area contributed by atoms with Gasteiger partial charge in [-0.25, -0.2) is 9.98 Å². The number of para-hydroxylation sites is 4. The number of ether oxygens (including phenoxy) is 2. The lowest BCUT2D eigenvalue weighted by atomic mass is 10.3. The summed E-state index contributed by atoms with van der Waals surface area (Å²) >= 11 is 0. The second kappa shape index (κ2) is 9.93. The van der Waals surface area contributed by atoms with Crippen LogP contribution >= 0.6 is 0 Å². The standard InChI is InChI=1S/C24H20N2O4/c1-3-11-23(21(9-1)25-17-19-7-5-13-27-19)29-15-16-30-24-12-4-2-10-22(24)26-18-20-8-6-14-28-20/h1-14,17-18H,15-16H2. The molecule has 4 aromatic rings. The van der Waals surface area contributed by atoms with Crippen LogP contribution in [0.15, 0.2) is 104 Å². The first-order valence-corrected chi connectivity index (χ1v) is 9.47. The van der Waals surface area contributed by atoms with Crippen LogP contribution in [-0.4, -0.2) is 25.6 Å². The van der Waals surface area contributed by atoms with Crippen molar-refractivity contribution in [2.75, 3.05) is 13.2 Å². The quantitative estimate of drug-likeness (QED) is 0.262. The third kappa shape index (κ3) is 5.26. The first kappa shape index (κ1) is 19.3. The zero-order valence-electron chi connectivity index (χ0n) is 16.2. The second-order valence-corrected chi connectivity index (χ2v) is 6.18. The average Bonchev–Trinajstić information content (AvgIpc) is 3.49. The summed E-state index contributed by atoms with van der Waals surface area (Å²) in [5.41, 5.74) is 1.44. The van der Waals surface area contributed by atoms with Gasteiger partial charge in [0.05, 0.1) is 25.0 Å². The monoisotopic (exact) mass is 400 g/mol. The van der Waals surface area contributed by atoms with Crippen LogP contribution in [0.5, 0.6) is 11.5 Å². The molecule has 4 rings (SSSR count). The van der Waals surface area contributed by atoms with Gasteiger partial charge in [-0.15, -0.1) is 0 Å². The summed E-state index contributed by atoms with van der Waals surface area (Å²) < 4.78 is 22.3. The van der Waals surface area contributed by atoms with Crippen molar-refractivity contribution in [2.45, 2.75) is 0 Å². The molecule has 0 fully saturated rings. The maximum Gasteiger partial charge on any atom is 0.145 e. The van der Waals surface area contributed by atoms with Crippen molar-refractivity contribution >= 4 is 23.8 Å². The zero-order valence-corrected chi connectivity index (χ0v) is 16.2. The van der Waals surface area contributed by atoms with Crippen molar-refractivity contribution in [3.8, 4) is 11.5 Å².